The molecule has 0 aliphatic rings. The molecule has 2 aromatic carbocycles. The highest BCUT2D eigenvalue weighted by atomic mass is 16.1. The summed E-state index contributed by atoms with van der Waals surface area (Å²) in [5.74, 6) is 0.236. The lowest BCUT2D eigenvalue weighted by molar-refractivity contribution is 0.0965. The molecule has 1 unspecified atom stereocenters. The maximum absolute atomic E-state index is 12.1. The number of nitrogens with one attached hydrogen (secondary N) is 3. The fraction of sp³-hybridized carbons (Fsp3) is 0.250. The zero-order valence-electron chi connectivity index (χ0n) is 14.1. The monoisotopic (exact) mass is 321 g/mol. The van der Waals surface area contributed by atoms with Gasteiger partial charge in [0.1, 0.15) is 0 Å². The Labute approximate surface area is 142 Å². The Morgan fingerprint density at radius 3 is 2.58 bits per heavy atom. The van der Waals surface area contributed by atoms with Crippen LogP contribution in [0.25, 0.3) is 10.9 Å². The molecule has 4 heteroatoms. The number of hydrogen-bond donors (Lipinski definition) is 3. The van der Waals surface area contributed by atoms with Crippen molar-refractivity contribution in [1.82, 2.24) is 15.6 Å². The summed E-state index contributed by atoms with van der Waals surface area (Å²) in [5, 5.41) is 6.91. The Kier molecular flexibility index (Phi) is 4.96. The molecule has 3 rings (SSSR count). The summed E-state index contributed by atoms with van der Waals surface area (Å²) in [6, 6.07) is 16.9. The Morgan fingerprint density at radius 2 is 1.88 bits per heavy atom. The number of aromatic nitrogens is 1. The number of amides is 1. The average Bonchev–Trinajstić information content (AvgIpc) is 3.05. The van der Waals surface area contributed by atoms with Gasteiger partial charge in [-0.25, -0.2) is 0 Å². The van der Waals surface area contributed by atoms with Gasteiger partial charge in [0, 0.05) is 30.1 Å². The van der Waals surface area contributed by atoms with Gasteiger partial charge in [-0.2, -0.15) is 0 Å². The summed E-state index contributed by atoms with van der Waals surface area (Å²) < 4.78 is 0. The van der Waals surface area contributed by atoms with E-state index >= 15 is 0 Å². The van der Waals surface area contributed by atoms with Gasteiger partial charge in [0.2, 0.25) is 0 Å². The first-order chi connectivity index (χ1) is 11.7. The second-order valence-corrected chi connectivity index (χ2v) is 5.94. The van der Waals surface area contributed by atoms with Gasteiger partial charge in [-0.15, -0.1) is 0 Å². The van der Waals surface area contributed by atoms with Crippen LogP contribution in [-0.4, -0.2) is 31.5 Å². The Morgan fingerprint density at radius 1 is 1.08 bits per heavy atom. The number of carbonyl (C=O) groups is 1. The third-order valence-corrected chi connectivity index (χ3v) is 4.46. The van der Waals surface area contributed by atoms with Gasteiger partial charge in [-0.3, -0.25) is 4.79 Å². The summed E-state index contributed by atoms with van der Waals surface area (Å²) in [5.41, 5.74) is 4.20. The number of hydrogen-bond acceptors (Lipinski definition) is 2. The molecular weight excluding hydrogens is 298 g/mol. The van der Waals surface area contributed by atoms with E-state index in [2.05, 4.69) is 58.1 Å². The molecule has 0 saturated heterocycles. The van der Waals surface area contributed by atoms with E-state index in [-0.39, 0.29) is 5.91 Å². The number of H-pyrrole nitrogens is 1. The van der Waals surface area contributed by atoms with Crippen molar-refractivity contribution in [3.05, 3.63) is 71.4 Å². The number of benzene rings is 2. The highest BCUT2D eigenvalue weighted by Gasteiger charge is 2.17. The minimum absolute atomic E-state index is 0.0649. The van der Waals surface area contributed by atoms with Crippen molar-refractivity contribution in [1.29, 1.82) is 0 Å². The van der Waals surface area contributed by atoms with Gasteiger partial charge in [0.15, 0.2) is 0 Å². The fourth-order valence-corrected chi connectivity index (χ4v) is 3.18. The molecule has 3 N–H and O–H groups in total. The summed E-state index contributed by atoms with van der Waals surface area (Å²) in [7, 11) is 3.63. The van der Waals surface area contributed by atoms with E-state index in [1.54, 1.807) is 13.2 Å². The van der Waals surface area contributed by atoms with Crippen LogP contribution in [0.2, 0.25) is 0 Å². The van der Waals surface area contributed by atoms with Crippen LogP contribution < -0.4 is 10.6 Å². The number of rotatable bonds is 6. The van der Waals surface area contributed by atoms with E-state index in [0.717, 1.165) is 23.9 Å². The maximum Gasteiger partial charge on any atom is 0.253 e. The van der Waals surface area contributed by atoms with Gasteiger partial charge >= 0.3 is 0 Å². The van der Waals surface area contributed by atoms with Crippen LogP contribution in [0.1, 0.15) is 33.8 Å². The van der Waals surface area contributed by atoms with Crippen molar-refractivity contribution in [2.24, 2.45) is 0 Å². The van der Waals surface area contributed by atoms with Crippen molar-refractivity contribution in [3.8, 4) is 0 Å². The van der Waals surface area contributed by atoms with Crippen LogP contribution in [0.4, 0.5) is 0 Å². The van der Waals surface area contributed by atoms with Crippen LogP contribution in [-0.2, 0) is 0 Å². The third-order valence-electron chi connectivity index (χ3n) is 4.46. The molecule has 0 saturated carbocycles. The molecule has 1 atom stereocenters. The molecule has 1 aromatic heterocycles. The summed E-state index contributed by atoms with van der Waals surface area (Å²) in [6.07, 6.45) is 2.78. The predicted molar refractivity (Wildman–Crippen MR) is 98.5 cm³/mol. The molecule has 0 aliphatic heterocycles. The lowest BCUT2D eigenvalue weighted by Gasteiger charge is -2.18. The van der Waals surface area contributed by atoms with Crippen molar-refractivity contribution in [3.63, 3.8) is 0 Å². The van der Waals surface area contributed by atoms with Crippen LogP contribution in [0.5, 0.6) is 0 Å². The minimum atomic E-state index is -0.0649. The molecule has 4 nitrogen and oxygen atoms in total. The molecule has 3 aromatic rings. The van der Waals surface area contributed by atoms with Gasteiger partial charge in [0.25, 0.3) is 5.91 Å². The number of fused-ring (bicyclic) bond motifs is 1. The van der Waals surface area contributed by atoms with Crippen LogP contribution in [0.15, 0.2) is 54.7 Å². The smallest absolute Gasteiger partial charge is 0.253 e. The number of carbonyl (C=O) groups excluding carboxylic acids is 1. The van der Waals surface area contributed by atoms with Gasteiger partial charge in [-0.1, -0.05) is 36.4 Å². The zero-order chi connectivity index (χ0) is 16.9. The van der Waals surface area contributed by atoms with Gasteiger partial charge < -0.3 is 15.6 Å². The first-order valence-electron chi connectivity index (χ1n) is 8.27. The highest BCUT2D eigenvalue weighted by Crippen LogP contribution is 2.31. The predicted octanol–water partition coefficient (Wildman–Crippen LogP) is 3.27. The highest BCUT2D eigenvalue weighted by molar-refractivity contribution is 6.06. The normalized spacial score (nSPS) is 12.2. The quantitative estimate of drug-likeness (QED) is 0.652. The lowest BCUT2D eigenvalue weighted by atomic mass is 9.87. The molecule has 24 heavy (non-hydrogen) atoms. The molecule has 0 bridgehead atoms. The van der Waals surface area contributed by atoms with Crippen molar-refractivity contribution < 1.29 is 4.79 Å². The second-order valence-electron chi connectivity index (χ2n) is 5.94. The Balaban J connectivity index is 2.05. The molecule has 0 aliphatic carbocycles. The number of aromatic amines is 1. The molecule has 1 heterocycles. The van der Waals surface area contributed by atoms with E-state index in [9.17, 15) is 4.79 Å². The van der Waals surface area contributed by atoms with E-state index in [1.807, 2.05) is 13.1 Å². The van der Waals surface area contributed by atoms with Crippen LogP contribution in [0, 0.1) is 0 Å². The van der Waals surface area contributed by atoms with E-state index in [4.69, 9.17) is 0 Å². The second kappa shape index (κ2) is 7.32. The SMILES string of the molecule is CNCCC(c1ccccc1)c1ccc2[nH]cc(C(=O)NC)c2c1. The Bertz CT molecular complexity index is 823. The average molecular weight is 321 g/mol. The maximum atomic E-state index is 12.1. The van der Waals surface area contributed by atoms with Crippen LogP contribution in [0.3, 0.4) is 0 Å². The lowest BCUT2D eigenvalue weighted by Crippen LogP contribution is -2.17. The van der Waals surface area contributed by atoms with Crippen molar-refractivity contribution >= 4 is 16.8 Å². The van der Waals surface area contributed by atoms with Gasteiger partial charge in [-0.05, 0) is 43.3 Å². The van der Waals surface area contributed by atoms with Crippen molar-refractivity contribution in [2.45, 2.75) is 12.3 Å². The minimum Gasteiger partial charge on any atom is -0.360 e. The molecule has 124 valence electrons. The largest absolute Gasteiger partial charge is 0.360 e. The fourth-order valence-electron chi connectivity index (χ4n) is 3.18. The molecule has 0 radical (unpaired) electrons. The third kappa shape index (κ3) is 3.19. The Hall–Kier alpha value is -2.59. The van der Waals surface area contributed by atoms with Crippen molar-refractivity contribution in [2.75, 3.05) is 20.6 Å². The molecular formula is C20H23N3O. The van der Waals surface area contributed by atoms with E-state index < -0.39 is 0 Å². The van der Waals surface area contributed by atoms with Gasteiger partial charge in [0.05, 0.1) is 5.56 Å². The van der Waals surface area contributed by atoms with E-state index in [0.29, 0.717) is 11.5 Å². The molecule has 0 spiro atoms. The van der Waals surface area contributed by atoms with E-state index in [1.165, 1.54) is 11.1 Å². The molecule has 0 fully saturated rings. The van der Waals surface area contributed by atoms with Crippen LogP contribution >= 0.6 is 0 Å². The summed E-state index contributed by atoms with van der Waals surface area (Å²) in [6.45, 7) is 0.938. The summed E-state index contributed by atoms with van der Waals surface area (Å²) in [4.78, 5) is 15.2. The molecule has 1 amide bonds. The summed E-state index contributed by atoms with van der Waals surface area (Å²) >= 11 is 0. The standard InChI is InChI=1S/C20H23N3O/c1-21-11-10-16(14-6-4-3-5-7-14)15-8-9-19-17(12-15)18(13-23-19)20(24)22-2/h3-9,12-13,16,21,23H,10-11H2,1-2H3,(H,22,24). The first kappa shape index (κ1) is 16.3. The first-order valence-corrected chi connectivity index (χ1v) is 8.27. The zero-order valence-corrected chi connectivity index (χ0v) is 14.1. The topological polar surface area (TPSA) is 56.9 Å².